The number of likely N-dealkylation sites (tertiary alicyclic amines) is 1. The molecule has 1 aromatic carbocycles. The molecule has 158 valence electrons. The zero-order valence-corrected chi connectivity index (χ0v) is 18.3. The van der Waals surface area contributed by atoms with E-state index in [-0.39, 0.29) is 6.09 Å². The van der Waals surface area contributed by atoms with Gasteiger partial charge in [-0.15, -0.1) is 17.7 Å². The van der Waals surface area contributed by atoms with Gasteiger partial charge in [-0.05, 0) is 64.8 Å². The highest BCUT2D eigenvalue weighted by atomic mass is 32.2. The average Bonchev–Trinajstić information content (AvgIpc) is 2.66. The molecule has 0 radical (unpaired) electrons. The third-order valence-corrected chi connectivity index (χ3v) is 5.95. The number of carboxylic acid groups (broad SMARTS) is 1. The summed E-state index contributed by atoms with van der Waals surface area (Å²) in [6.45, 7) is 8.33. The molecule has 1 heterocycles. The number of hydrogen-bond donors (Lipinski definition) is 1. The van der Waals surface area contributed by atoms with Crippen molar-refractivity contribution in [1.29, 1.82) is 0 Å². The summed E-state index contributed by atoms with van der Waals surface area (Å²) in [6, 6.07) is 7.56. The lowest BCUT2D eigenvalue weighted by Gasteiger charge is -2.39. The van der Waals surface area contributed by atoms with Crippen LogP contribution in [0.4, 0.5) is 4.79 Å². The first-order chi connectivity index (χ1) is 13.6. The molecule has 1 aliphatic rings. The van der Waals surface area contributed by atoms with E-state index in [1.807, 2.05) is 45.0 Å². The molecule has 0 aliphatic carbocycles. The van der Waals surface area contributed by atoms with Crippen LogP contribution in [0, 0.1) is 17.3 Å². The Balaban J connectivity index is 1.92. The number of amides is 1. The van der Waals surface area contributed by atoms with E-state index in [1.165, 1.54) is 11.8 Å². The van der Waals surface area contributed by atoms with Gasteiger partial charge in [-0.25, -0.2) is 4.79 Å². The lowest BCUT2D eigenvalue weighted by molar-refractivity contribution is -0.150. The van der Waals surface area contributed by atoms with Crippen LogP contribution in [0.25, 0.3) is 0 Å². The topological polar surface area (TPSA) is 76.1 Å². The van der Waals surface area contributed by atoms with Crippen LogP contribution in [0.15, 0.2) is 29.2 Å². The second kappa shape index (κ2) is 9.93. The minimum Gasteiger partial charge on any atom is -0.481 e. The van der Waals surface area contributed by atoms with Gasteiger partial charge in [0.05, 0.1) is 5.41 Å². The van der Waals surface area contributed by atoms with Gasteiger partial charge >= 0.3 is 12.1 Å². The van der Waals surface area contributed by atoms with Crippen molar-refractivity contribution in [1.82, 2.24) is 4.90 Å². The highest BCUT2D eigenvalue weighted by Crippen LogP contribution is 2.38. The maximum atomic E-state index is 12.2. The van der Waals surface area contributed by atoms with Crippen LogP contribution in [-0.4, -0.2) is 53.1 Å². The summed E-state index contributed by atoms with van der Waals surface area (Å²) in [5, 5.41) is 9.86. The first-order valence-corrected chi connectivity index (χ1v) is 10.6. The first kappa shape index (κ1) is 23.0. The molecule has 1 aliphatic heterocycles. The molecular formula is C22H29NO5S. The molecule has 1 N–H and O–H groups in total. The van der Waals surface area contributed by atoms with Gasteiger partial charge in [-0.1, -0.05) is 5.92 Å². The number of aliphatic carboxylic acids is 1. The Labute approximate surface area is 176 Å². The van der Waals surface area contributed by atoms with Crippen molar-refractivity contribution in [3.63, 3.8) is 0 Å². The minimum atomic E-state index is -0.852. The molecule has 0 bridgehead atoms. The highest BCUT2D eigenvalue weighted by Gasteiger charge is 2.43. The Morgan fingerprint density at radius 1 is 1.21 bits per heavy atom. The summed E-state index contributed by atoms with van der Waals surface area (Å²) >= 11 is 1.51. The van der Waals surface area contributed by atoms with E-state index in [1.54, 1.807) is 11.8 Å². The van der Waals surface area contributed by atoms with Crippen LogP contribution in [-0.2, 0) is 9.53 Å². The summed E-state index contributed by atoms with van der Waals surface area (Å²) in [6.07, 6.45) is 0.434. The molecule has 6 nitrogen and oxygen atoms in total. The molecule has 1 fully saturated rings. The quantitative estimate of drug-likeness (QED) is 0.548. The lowest BCUT2D eigenvalue weighted by Crippen LogP contribution is -2.49. The van der Waals surface area contributed by atoms with Crippen molar-refractivity contribution in [3.05, 3.63) is 24.3 Å². The number of ether oxygens (including phenoxy) is 2. The van der Waals surface area contributed by atoms with Crippen molar-refractivity contribution in [2.24, 2.45) is 5.41 Å². The van der Waals surface area contributed by atoms with Crippen molar-refractivity contribution >= 4 is 23.8 Å². The number of thioether (sulfide) groups is 1. The van der Waals surface area contributed by atoms with Crippen LogP contribution in [0.2, 0.25) is 0 Å². The van der Waals surface area contributed by atoms with Crippen molar-refractivity contribution in [2.45, 2.75) is 51.0 Å². The Hall–Kier alpha value is -2.33. The largest absolute Gasteiger partial charge is 0.481 e. The second-order valence-corrected chi connectivity index (χ2v) is 9.08. The smallest absolute Gasteiger partial charge is 0.410 e. The molecule has 0 atom stereocenters. The molecule has 29 heavy (non-hydrogen) atoms. The fourth-order valence-electron chi connectivity index (χ4n) is 2.91. The van der Waals surface area contributed by atoms with E-state index in [0.29, 0.717) is 38.3 Å². The maximum absolute atomic E-state index is 12.2. The normalized spacial score (nSPS) is 15.8. The predicted molar refractivity (Wildman–Crippen MR) is 113 cm³/mol. The third-order valence-electron chi connectivity index (χ3n) is 4.65. The molecule has 0 saturated carbocycles. The van der Waals surface area contributed by atoms with Crippen LogP contribution >= 0.6 is 11.8 Å². The molecule has 7 heteroatoms. The molecule has 0 aromatic heterocycles. The number of rotatable bonds is 6. The van der Waals surface area contributed by atoms with Crippen LogP contribution in [0.3, 0.4) is 0 Å². The molecule has 1 amide bonds. The summed E-state index contributed by atoms with van der Waals surface area (Å²) in [5.74, 6) is 5.99. The van der Waals surface area contributed by atoms with Crippen molar-refractivity contribution in [2.75, 3.05) is 25.4 Å². The number of carbonyl (C=O) groups is 2. The van der Waals surface area contributed by atoms with Crippen LogP contribution < -0.4 is 4.74 Å². The maximum Gasteiger partial charge on any atom is 0.410 e. The molecule has 0 unspecified atom stereocenters. The van der Waals surface area contributed by atoms with Gasteiger partial charge in [0.25, 0.3) is 0 Å². The summed E-state index contributed by atoms with van der Waals surface area (Å²) < 4.78 is 10.9. The van der Waals surface area contributed by atoms with E-state index >= 15 is 0 Å². The standard InChI is InChI=1S/C22H29NO5S/c1-5-6-15-27-17-7-9-18(10-8-17)29-16-22(19(24)25)11-13-23(14-12-22)20(26)28-21(2,3)4/h7-10H,11-16H2,1-4H3,(H,24,25). The first-order valence-electron chi connectivity index (χ1n) is 9.62. The van der Waals surface area contributed by atoms with E-state index in [9.17, 15) is 14.7 Å². The molecule has 1 saturated heterocycles. The van der Waals surface area contributed by atoms with Gasteiger partial charge in [0.1, 0.15) is 18.0 Å². The predicted octanol–water partition coefficient (Wildman–Crippen LogP) is 4.28. The zero-order valence-electron chi connectivity index (χ0n) is 17.5. The summed E-state index contributed by atoms with van der Waals surface area (Å²) in [5.41, 5.74) is -1.41. The molecular weight excluding hydrogens is 390 g/mol. The van der Waals surface area contributed by atoms with E-state index < -0.39 is 17.0 Å². The van der Waals surface area contributed by atoms with Gasteiger partial charge in [0, 0.05) is 23.7 Å². The Morgan fingerprint density at radius 2 is 1.83 bits per heavy atom. The van der Waals surface area contributed by atoms with Crippen LogP contribution in [0.5, 0.6) is 5.75 Å². The Morgan fingerprint density at radius 3 is 2.34 bits per heavy atom. The van der Waals surface area contributed by atoms with E-state index in [0.717, 1.165) is 10.6 Å². The fraction of sp³-hybridized carbons (Fsp3) is 0.545. The summed E-state index contributed by atoms with van der Waals surface area (Å²) in [7, 11) is 0. The van der Waals surface area contributed by atoms with Gasteiger partial charge in [-0.2, -0.15) is 0 Å². The van der Waals surface area contributed by atoms with Gasteiger partial charge in [-0.3, -0.25) is 4.79 Å². The fourth-order valence-corrected chi connectivity index (χ4v) is 4.09. The van der Waals surface area contributed by atoms with Crippen molar-refractivity contribution < 1.29 is 24.2 Å². The molecule has 1 aromatic rings. The highest BCUT2D eigenvalue weighted by molar-refractivity contribution is 7.99. The number of carboxylic acids is 1. The SMILES string of the molecule is CC#CCOc1ccc(SCC2(C(=O)O)CCN(C(=O)OC(C)(C)C)CC2)cc1. The Bertz CT molecular complexity index is 765. The number of nitrogens with zero attached hydrogens (tertiary/aromatic N) is 1. The van der Waals surface area contributed by atoms with Gasteiger partial charge in [0.15, 0.2) is 0 Å². The lowest BCUT2D eigenvalue weighted by atomic mass is 9.80. The van der Waals surface area contributed by atoms with Gasteiger partial charge in [0.2, 0.25) is 0 Å². The third kappa shape index (κ3) is 6.90. The molecule has 2 rings (SSSR count). The number of piperidine rings is 1. The molecule has 0 spiro atoms. The number of benzene rings is 1. The number of hydrogen-bond acceptors (Lipinski definition) is 5. The van der Waals surface area contributed by atoms with Crippen LogP contribution in [0.1, 0.15) is 40.5 Å². The van der Waals surface area contributed by atoms with E-state index in [4.69, 9.17) is 9.47 Å². The average molecular weight is 420 g/mol. The second-order valence-electron chi connectivity index (χ2n) is 8.03. The van der Waals surface area contributed by atoms with Crippen molar-refractivity contribution in [3.8, 4) is 17.6 Å². The Kier molecular flexibility index (Phi) is 7.86. The monoisotopic (exact) mass is 419 g/mol. The van der Waals surface area contributed by atoms with E-state index in [2.05, 4.69) is 11.8 Å². The zero-order chi connectivity index (χ0) is 21.5. The van der Waals surface area contributed by atoms with Gasteiger partial charge < -0.3 is 19.5 Å². The summed E-state index contributed by atoms with van der Waals surface area (Å²) in [4.78, 5) is 26.8. The number of carbonyl (C=O) groups excluding carboxylic acids is 1. The minimum absolute atomic E-state index is 0.346.